The SMILES string of the molecule is Cc1ccc(NC(=O)NC(C)c2cccc(CN3CCN(S(=O)(=O)N(C)C)CC3)c2)cn1. The monoisotopic (exact) mass is 460 g/mol. The lowest BCUT2D eigenvalue weighted by molar-refractivity contribution is 0.177. The minimum Gasteiger partial charge on any atom is -0.331 e. The summed E-state index contributed by atoms with van der Waals surface area (Å²) in [6.07, 6.45) is 1.63. The number of aromatic nitrogens is 1. The summed E-state index contributed by atoms with van der Waals surface area (Å²) in [7, 11) is -0.249. The number of carbonyl (C=O) groups excluding carboxylic acids is 1. The predicted molar refractivity (Wildman–Crippen MR) is 125 cm³/mol. The van der Waals surface area contributed by atoms with Crippen LogP contribution >= 0.6 is 0 Å². The Labute approximate surface area is 190 Å². The molecule has 1 aliphatic rings. The molecule has 1 aromatic heterocycles. The maximum atomic E-state index is 12.3. The number of rotatable bonds is 7. The third-order valence-corrected chi connectivity index (χ3v) is 7.43. The number of nitrogens with one attached hydrogen (secondary N) is 2. The summed E-state index contributed by atoms with van der Waals surface area (Å²) in [5.41, 5.74) is 3.67. The zero-order valence-electron chi connectivity index (χ0n) is 19.1. The van der Waals surface area contributed by atoms with Gasteiger partial charge < -0.3 is 10.6 Å². The topological polar surface area (TPSA) is 97.9 Å². The van der Waals surface area contributed by atoms with Gasteiger partial charge in [-0.25, -0.2) is 4.79 Å². The number of aryl methyl sites for hydroxylation is 1. The lowest BCUT2D eigenvalue weighted by Gasteiger charge is -2.35. The first-order chi connectivity index (χ1) is 15.1. The molecule has 10 heteroatoms. The molecule has 2 amide bonds. The number of amides is 2. The van der Waals surface area contributed by atoms with Crippen molar-refractivity contribution >= 4 is 21.9 Å². The molecule has 2 aromatic rings. The molecule has 1 aromatic carbocycles. The molecule has 1 atom stereocenters. The van der Waals surface area contributed by atoms with Crippen LogP contribution in [0.25, 0.3) is 0 Å². The highest BCUT2D eigenvalue weighted by Crippen LogP contribution is 2.18. The Kier molecular flexibility index (Phi) is 7.83. The summed E-state index contributed by atoms with van der Waals surface area (Å²) in [6, 6.07) is 11.3. The van der Waals surface area contributed by atoms with E-state index in [9.17, 15) is 13.2 Å². The number of anilines is 1. The zero-order valence-corrected chi connectivity index (χ0v) is 19.9. The van der Waals surface area contributed by atoms with Gasteiger partial charge in [0.1, 0.15) is 0 Å². The molecule has 1 aliphatic heterocycles. The Morgan fingerprint density at radius 2 is 1.88 bits per heavy atom. The van der Waals surface area contributed by atoms with Gasteiger partial charge in [0.15, 0.2) is 0 Å². The molecule has 0 spiro atoms. The highest BCUT2D eigenvalue weighted by Gasteiger charge is 2.28. The van der Waals surface area contributed by atoms with Crippen LogP contribution in [-0.4, -0.2) is 73.2 Å². The minimum absolute atomic E-state index is 0.171. The van der Waals surface area contributed by atoms with E-state index < -0.39 is 10.2 Å². The fourth-order valence-corrected chi connectivity index (χ4v) is 4.64. The Balaban J connectivity index is 1.53. The van der Waals surface area contributed by atoms with Crippen molar-refractivity contribution in [1.82, 2.24) is 23.8 Å². The molecule has 1 unspecified atom stereocenters. The van der Waals surface area contributed by atoms with Crippen LogP contribution in [0.15, 0.2) is 42.6 Å². The number of carbonyl (C=O) groups is 1. The van der Waals surface area contributed by atoms with Crippen molar-refractivity contribution in [1.29, 1.82) is 0 Å². The van der Waals surface area contributed by atoms with E-state index in [0.717, 1.165) is 23.4 Å². The summed E-state index contributed by atoms with van der Waals surface area (Å²) >= 11 is 0. The van der Waals surface area contributed by atoms with Gasteiger partial charge in [-0.2, -0.15) is 17.0 Å². The number of nitrogens with zero attached hydrogens (tertiary/aromatic N) is 4. The van der Waals surface area contributed by atoms with Crippen molar-refractivity contribution in [2.45, 2.75) is 26.4 Å². The largest absolute Gasteiger partial charge is 0.331 e. The van der Waals surface area contributed by atoms with E-state index in [-0.39, 0.29) is 12.1 Å². The average molecular weight is 461 g/mol. The molecule has 174 valence electrons. The Hall–Kier alpha value is -2.53. The molecule has 3 rings (SSSR count). The quantitative estimate of drug-likeness (QED) is 0.660. The third kappa shape index (κ3) is 6.26. The van der Waals surface area contributed by atoms with Gasteiger partial charge in [-0.1, -0.05) is 24.3 Å². The van der Waals surface area contributed by atoms with Crippen molar-refractivity contribution in [2.75, 3.05) is 45.6 Å². The van der Waals surface area contributed by atoms with E-state index in [1.54, 1.807) is 20.3 Å². The fraction of sp³-hybridized carbons (Fsp3) is 0.455. The Bertz CT molecular complexity index is 1020. The van der Waals surface area contributed by atoms with Crippen LogP contribution in [0, 0.1) is 6.92 Å². The predicted octanol–water partition coefficient (Wildman–Crippen LogP) is 2.20. The Morgan fingerprint density at radius 1 is 1.16 bits per heavy atom. The van der Waals surface area contributed by atoms with Crippen molar-refractivity contribution in [2.24, 2.45) is 0 Å². The van der Waals surface area contributed by atoms with Gasteiger partial charge >= 0.3 is 6.03 Å². The van der Waals surface area contributed by atoms with E-state index in [0.29, 0.717) is 31.9 Å². The fourth-order valence-electron chi connectivity index (χ4n) is 3.56. The number of piperazine rings is 1. The zero-order chi connectivity index (χ0) is 23.3. The number of hydrogen-bond acceptors (Lipinski definition) is 5. The molecule has 0 radical (unpaired) electrons. The molecule has 0 bridgehead atoms. The first-order valence-corrected chi connectivity index (χ1v) is 12.0. The first-order valence-electron chi connectivity index (χ1n) is 10.6. The van der Waals surface area contributed by atoms with Gasteiger partial charge in [-0.3, -0.25) is 9.88 Å². The molecule has 1 fully saturated rings. The third-order valence-electron chi connectivity index (χ3n) is 5.49. The van der Waals surface area contributed by atoms with Crippen molar-refractivity contribution in [3.8, 4) is 0 Å². The molecule has 9 nitrogen and oxygen atoms in total. The van der Waals surface area contributed by atoms with Gasteiger partial charge in [-0.05, 0) is 37.1 Å². The van der Waals surface area contributed by atoms with Crippen LogP contribution in [0.1, 0.15) is 29.8 Å². The smallest absolute Gasteiger partial charge is 0.319 e. The van der Waals surface area contributed by atoms with Gasteiger partial charge in [0.05, 0.1) is 17.9 Å². The standard InChI is InChI=1S/C22H32N6O3S/c1-17-8-9-21(15-23-17)25-22(29)24-18(2)20-7-5-6-19(14-20)16-27-10-12-28(13-11-27)32(30,31)26(3)4/h5-9,14-15,18H,10-13,16H2,1-4H3,(H2,24,25,29). The summed E-state index contributed by atoms with van der Waals surface area (Å²) in [5.74, 6) is 0. The van der Waals surface area contributed by atoms with Crippen molar-refractivity contribution < 1.29 is 13.2 Å². The molecule has 2 heterocycles. The van der Waals surface area contributed by atoms with E-state index in [4.69, 9.17) is 0 Å². The highest BCUT2D eigenvalue weighted by molar-refractivity contribution is 7.86. The normalized spacial score (nSPS) is 16.7. The second-order valence-electron chi connectivity index (χ2n) is 8.22. The first kappa shape index (κ1) is 24.1. The van der Waals surface area contributed by atoms with E-state index in [1.807, 2.05) is 38.1 Å². The van der Waals surface area contributed by atoms with Crippen LogP contribution in [-0.2, 0) is 16.8 Å². The average Bonchev–Trinajstić information content (AvgIpc) is 2.76. The van der Waals surface area contributed by atoms with Crippen LogP contribution in [0.4, 0.5) is 10.5 Å². The number of hydrogen-bond donors (Lipinski definition) is 2. The van der Waals surface area contributed by atoms with Crippen molar-refractivity contribution in [3.63, 3.8) is 0 Å². The molecule has 0 saturated carbocycles. The Morgan fingerprint density at radius 3 is 2.50 bits per heavy atom. The van der Waals surface area contributed by atoms with Crippen molar-refractivity contribution in [3.05, 3.63) is 59.4 Å². The molecule has 0 aliphatic carbocycles. The van der Waals surface area contributed by atoms with Gasteiger partial charge in [-0.15, -0.1) is 0 Å². The van der Waals surface area contributed by atoms with E-state index >= 15 is 0 Å². The van der Waals surface area contributed by atoms with Gasteiger partial charge in [0.25, 0.3) is 10.2 Å². The molecular weight excluding hydrogens is 428 g/mol. The lowest BCUT2D eigenvalue weighted by Crippen LogP contribution is -2.51. The number of pyridine rings is 1. The highest BCUT2D eigenvalue weighted by atomic mass is 32.2. The molecule has 1 saturated heterocycles. The van der Waals surface area contributed by atoms with E-state index in [2.05, 4.69) is 32.7 Å². The maximum Gasteiger partial charge on any atom is 0.319 e. The summed E-state index contributed by atoms with van der Waals surface area (Å²) in [5, 5.41) is 5.75. The minimum atomic E-state index is -3.36. The molecule has 32 heavy (non-hydrogen) atoms. The summed E-state index contributed by atoms with van der Waals surface area (Å²) < 4.78 is 27.3. The van der Waals surface area contributed by atoms with Gasteiger partial charge in [0.2, 0.25) is 0 Å². The maximum absolute atomic E-state index is 12.3. The molecular formula is C22H32N6O3S. The summed E-state index contributed by atoms with van der Waals surface area (Å²) in [4.78, 5) is 18.8. The van der Waals surface area contributed by atoms with Crippen LogP contribution in [0.3, 0.4) is 0 Å². The summed E-state index contributed by atoms with van der Waals surface area (Å²) in [6.45, 7) is 6.88. The molecule has 2 N–H and O–H groups in total. The van der Waals surface area contributed by atoms with Gasteiger partial charge in [0, 0.05) is 52.5 Å². The van der Waals surface area contributed by atoms with Crippen LogP contribution < -0.4 is 10.6 Å². The number of urea groups is 1. The van der Waals surface area contributed by atoms with Crippen LogP contribution in [0.2, 0.25) is 0 Å². The van der Waals surface area contributed by atoms with E-state index in [1.165, 1.54) is 8.61 Å². The second kappa shape index (κ2) is 10.4. The lowest BCUT2D eigenvalue weighted by atomic mass is 10.0. The number of benzene rings is 1. The second-order valence-corrected chi connectivity index (χ2v) is 10.4. The van der Waals surface area contributed by atoms with Crippen LogP contribution in [0.5, 0.6) is 0 Å².